The van der Waals surface area contributed by atoms with Crippen molar-refractivity contribution in [2.75, 3.05) is 23.7 Å². The molecule has 94 valence electrons. The third-order valence-electron chi connectivity index (χ3n) is 3.62. The molecule has 4 heteroatoms. The molecule has 1 aromatic heterocycles. The Hall–Kier alpha value is -1.84. The minimum atomic E-state index is 0.359. The second-order valence-electron chi connectivity index (χ2n) is 5.81. The first kappa shape index (κ1) is 11.3. The molecule has 0 spiro atoms. The number of nitrogen functional groups attached to an aromatic ring is 1. The Labute approximate surface area is 107 Å². The van der Waals surface area contributed by atoms with E-state index in [9.17, 15) is 0 Å². The molecule has 2 N–H and O–H groups in total. The highest BCUT2D eigenvalue weighted by Crippen LogP contribution is 2.34. The average molecular weight is 242 g/mol. The molecule has 2 heterocycles. The van der Waals surface area contributed by atoms with Gasteiger partial charge in [0.15, 0.2) is 0 Å². The Balaban J connectivity index is 2.09. The van der Waals surface area contributed by atoms with Gasteiger partial charge in [0.1, 0.15) is 12.1 Å². The van der Waals surface area contributed by atoms with Gasteiger partial charge in [-0.05, 0) is 30.0 Å². The molecule has 0 saturated carbocycles. The Morgan fingerprint density at radius 2 is 2.11 bits per heavy atom. The minimum absolute atomic E-state index is 0.359. The highest BCUT2D eigenvalue weighted by Gasteiger charge is 2.30. The highest BCUT2D eigenvalue weighted by atomic mass is 15.2. The smallest absolute Gasteiger partial charge is 0.139 e. The van der Waals surface area contributed by atoms with Crippen molar-refractivity contribution in [3.63, 3.8) is 0 Å². The molecule has 0 unspecified atom stereocenters. The fourth-order valence-corrected chi connectivity index (χ4v) is 2.61. The summed E-state index contributed by atoms with van der Waals surface area (Å²) in [4.78, 5) is 11.1. The zero-order valence-electron chi connectivity index (χ0n) is 10.8. The van der Waals surface area contributed by atoms with Crippen molar-refractivity contribution in [1.82, 2.24) is 9.97 Å². The van der Waals surface area contributed by atoms with Crippen LogP contribution in [0.25, 0.3) is 10.9 Å². The van der Waals surface area contributed by atoms with E-state index in [0.29, 0.717) is 5.41 Å². The lowest BCUT2D eigenvalue weighted by Gasteiger charge is -2.21. The van der Waals surface area contributed by atoms with Gasteiger partial charge in [-0.2, -0.15) is 0 Å². The molecule has 18 heavy (non-hydrogen) atoms. The quantitative estimate of drug-likeness (QED) is 0.780. The van der Waals surface area contributed by atoms with E-state index >= 15 is 0 Å². The number of nitrogens with zero attached hydrogens (tertiary/aromatic N) is 3. The number of anilines is 2. The highest BCUT2D eigenvalue weighted by molar-refractivity contribution is 5.91. The Morgan fingerprint density at radius 3 is 2.83 bits per heavy atom. The van der Waals surface area contributed by atoms with Crippen molar-refractivity contribution in [3.05, 3.63) is 24.5 Å². The summed E-state index contributed by atoms with van der Waals surface area (Å²) in [5, 5.41) is 1.05. The number of benzene rings is 1. The predicted molar refractivity (Wildman–Crippen MR) is 74.6 cm³/mol. The number of fused-ring (bicyclic) bond motifs is 1. The summed E-state index contributed by atoms with van der Waals surface area (Å²) < 4.78 is 0. The number of rotatable bonds is 1. The van der Waals surface area contributed by atoms with E-state index < -0.39 is 0 Å². The van der Waals surface area contributed by atoms with E-state index in [1.807, 2.05) is 18.2 Å². The molecule has 0 aliphatic carbocycles. The molecule has 0 amide bonds. The molecular weight excluding hydrogens is 224 g/mol. The molecule has 0 atom stereocenters. The van der Waals surface area contributed by atoms with E-state index in [0.717, 1.165) is 35.5 Å². The predicted octanol–water partition coefficient (Wildman–Crippen LogP) is 2.45. The first-order valence-electron chi connectivity index (χ1n) is 6.30. The topological polar surface area (TPSA) is 55.0 Å². The van der Waals surface area contributed by atoms with Gasteiger partial charge in [-0.1, -0.05) is 13.8 Å². The van der Waals surface area contributed by atoms with Gasteiger partial charge in [-0.3, -0.25) is 0 Å². The van der Waals surface area contributed by atoms with Gasteiger partial charge >= 0.3 is 0 Å². The summed E-state index contributed by atoms with van der Waals surface area (Å²) in [6, 6.07) is 5.81. The van der Waals surface area contributed by atoms with Crippen LogP contribution in [0.4, 0.5) is 11.5 Å². The summed E-state index contributed by atoms with van der Waals surface area (Å²) >= 11 is 0. The number of nitrogens with two attached hydrogens (primary N) is 1. The van der Waals surface area contributed by atoms with E-state index in [1.165, 1.54) is 6.42 Å². The van der Waals surface area contributed by atoms with Gasteiger partial charge in [-0.25, -0.2) is 9.97 Å². The van der Waals surface area contributed by atoms with Crippen LogP contribution in [0.2, 0.25) is 0 Å². The summed E-state index contributed by atoms with van der Waals surface area (Å²) in [5.74, 6) is 1.01. The molecular formula is C14H18N4. The Morgan fingerprint density at radius 1 is 1.28 bits per heavy atom. The molecule has 1 fully saturated rings. The minimum Gasteiger partial charge on any atom is -0.399 e. The zero-order chi connectivity index (χ0) is 12.8. The van der Waals surface area contributed by atoms with Crippen LogP contribution in [0.15, 0.2) is 24.5 Å². The molecule has 1 aliphatic heterocycles. The van der Waals surface area contributed by atoms with Gasteiger partial charge in [0.05, 0.1) is 5.52 Å². The van der Waals surface area contributed by atoms with Crippen LogP contribution in [0.5, 0.6) is 0 Å². The fraction of sp³-hybridized carbons (Fsp3) is 0.429. The molecule has 1 aliphatic rings. The zero-order valence-corrected chi connectivity index (χ0v) is 10.8. The third kappa shape index (κ3) is 1.88. The maximum absolute atomic E-state index is 5.87. The van der Waals surface area contributed by atoms with Crippen LogP contribution in [0.3, 0.4) is 0 Å². The number of hydrogen-bond acceptors (Lipinski definition) is 4. The van der Waals surface area contributed by atoms with E-state index in [-0.39, 0.29) is 0 Å². The van der Waals surface area contributed by atoms with Gasteiger partial charge in [0.2, 0.25) is 0 Å². The van der Waals surface area contributed by atoms with Crippen molar-refractivity contribution < 1.29 is 0 Å². The summed E-state index contributed by atoms with van der Waals surface area (Å²) in [6.45, 7) is 6.68. The number of aromatic nitrogens is 2. The van der Waals surface area contributed by atoms with Gasteiger partial charge in [0.25, 0.3) is 0 Å². The van der Waals surface area contributed by atoms with Gasteiger partial charge in [-0.15, -0.1) is 0 Å². The van der Waals surface area contributed by atoms with Crippen molar-refractivity contribution in [2.45, 2.75) is 20.3 Å². The van der Waals surface area contributed by atoms with Crippen molar-refractivity contribution in [1.29, 1.82) is 0 Å². The Bertz CT molecular complexity index is 591. The molecule has 2 aromatic rings. The molecule has 0 radical (unpaired) electrons. The standard InChI is InChI=1S/C14H18N4/c1-14(2)5-6-18(8-14)13-11-7-10(15)3-4-12(11)16-9-17-13/h3-4,7,9H,5-6,8,15H2,1-2H3. The lowest BCUT2D eigenvalue weighted by atomic mass is 9.93. The molecule has 3 rings (SSSR count). The van der Waals surface area contributed by atoms with Crippen molar-refractivity contribution >= 4 is 22.4 Å². The Kier molecular flexibility index (Phi) is 2.40. The largest absolute Gasteiger partial charge is 0.399 e. The van der Waals surface area contributed by atoms with Gasteiger partial charge < -0.3 is 10.6 Å². The van der Waals surface area contributed by atoms with Crippen LogP contribution >= 0.6 is 0 Å². The normalized spacial score (nSPS) is 18.4. The van der Waals surface area contributed by atoms with Crippen molar-refractivity contribution in [2.24, 2.45) is 5.41 Å². The van der Waals surface area contributed by atoms with Crippen LogP contribution in [0, 0.1) is 5.41 Å². The maximum Gasteiger partial charge on any atom is 0.139 e. The lowest BCUT2D eigenvalue weighted by molar-refractivity contribution is 0.418. The first-order chi connectivity index (χ1) is 8.55. The second-order valence-corrected chi connectivity index (χ2v) is 5.81. The first-order valence-corrected chi connectivity index (χ1v) is 6.30. The third-order valence-corrected chi connectivity index (χ3v) is 3.62. The average Bonchev–Trinajstić information content (AvgIpc) is 2.69. The maximum atomic E-state index is 5.87. The second kappa shape index (κ2) is 3.83. The number of hydrogen-bond donors (Lipinski definition) is 1. The van der Waals surface area contributed by atoms with E-state index in [4.69, 9.17) is 5.73 Å². The fourth-order valence-electron chi connectivity index (χ4n) is 2.61. The van der Waals surface area contributed by atoms with E-state index in [2.05, 4.69) is 28.7 Å². The van der Waals surface area contributed by atoms with E-state index in [1.54, 1.807) is 6.33 Å². The van der Waals surface area contributed by atoms with Crippen LogP contribution in [-0.4, -0.2) is 23.1 Å². The monoisotopic (exact) mass is 242 g/mol. The molecule has 4 nitrogen and oxygen atoms in total. The van der Waals surface area contributed by atoms with Crippen LogP contribution < -0.4 is 10.6 Å². The van der Waals surface area contributed by atoms with Crippen molar-refractivity contribution in [3.8, 4) is 0 Å². The van der Waals surface area contributed by atoms with Gasteiger partial charge in [0, 0.05) is 24.2 Å². The molecule has 0 bridgehead atoms. The van der Waals surface area contributed by atoms with Crippen LogP contribution in [0.1, 0.15) is 20.3 Å². The molecule has 1 saturated heterocycles. The summed E-state index contributed by atoms with van der Waals surface area (Å²) in [6.07, 6.45) is 2.83. The van der Waals surface area contributed by atoms with Crippen LogP contribution in [-0.2, 0) is 0 Å². The lowest BCUT2D eigenvalue weighted by Crippen LogP contribution is -2.23. The SMILES string of the molecule is CC1(C)CCN(c2ncnc3ccc(N)cc23)C1. The summed E-state index contributed by atoms with van der Waals surface area (Å²) in [7, 11) is 0. The summed E-state index contributed by atoms with van der Waals surface area (Å²) in [5.41, 5.74) is 7.95. The molecule has 1 aromatic carbocycles.